The Balaban J connectivity index is 3.74. The summed E-state index contributed by atoms with van der Waals surface area (Å²) in [6, 6.07) is 2.42. The van der Waals surface area contributed by atoms with E-state index in [-0.39, 0.29) is 5.54 Å². The molecule has 0 amide bonds. The summed E-state index contributed by atoms with van der Waals surface area (Å²) < 4.78 is 10.5. The van der Waals surface area contributed by atoms with E-state index in [1.807, 2.05) is 0 Å². The van der Waals surface area contributed by atoms with Crippen LogP contribution in [0.1, 0.15) is 46.0 Å². The highest BCUT2D eigenvalue weighted by Crippen LogP contribution is 2.16. The van der Waals surface area contributed by atoms with Crippen molar-refractivity contribution in [1.82, 2.24) is 5.32 Å². The van der Waals surface area contributed by atoms with Gasteiger partial charge in [-0.15, -0.1) is 0 Å². The molecular formula is C14H28N2O2. The van der Waals surface area contributed by atoms with Crippen LogP contribution in [0.2, 0.25) is 0 Å². The Morgan fingerprint density at radius 2 is 1.89 bits per heavy atom. The Hall–Kier alpha value is -0.630. The largest absolute Gasteiger partial charge is 0.385 e. The number of hydrogen-bond donors (Lipinski definition) is 1. The Labute approximate surface area is 112 Å². The molecule has 0 aliphatic carbocycles. The first-order chi connectivity index (χ1) is 8.74. The van der Waals surface area contributed by atoms with Crippen molar-refractivity contribution in [3.05, 3.63) is 0 Å². The van der Waals surface area contributed by atoms with E-state index in [2.05, 4.69) is 25.2 Å². The maximum absolute atomic E-state index is 9.31. The molecule has 0 saturated carbocycles. The molecule has 106 valence electrons. The molecule has 0 rings (SSSR count). The molecule has 18 heavy (non-hydrogen) atoms. The molecule has 0 aliphatic rings. The first-order valence-electron chi connectivity index (χ1n) is 6.97. The van der Waals surface area contributed by atoms with Crippen molar-refractivity contribution in [1.29, 1.82) is 5.26 Å². The van der Waals surface area contributed by atoms with Crippen LogP contribution >= 0.6 is 0 Å². The fraction of sp³-hybridized carbons (Fsp3) is 0.929. The average Bonchev–Trinajstić information content (AvgIpc) is 2.42. The summed E-state index contributed by atoms with van der Waals surface area (Å²) in [5.74, 6) is 0. The number of nitrogens with one attached hydrogen (secondary N) is 1. The molecule has 0 bridgehead atoms. The van der Waals surface area contributed by atoms with Crippen LogP contribution in [0.25, 0.3) is 0 Å². The van der Waals surface area contributed by atoms with Crippen molar-refractivity contribution < 1.29 is 9.47 Å². The molecule has 0 saturated heterocycles. The summed E-state index contributed by atoms with van der Waals surface area (Å²) in [5, 5.41) is 12.7. The summed E-state index contributed by atoms with van der Waals surface area (Å²) in [6.07, 6.45) is 4.60. The Kier molecular flexibility index (Phi) is 11.1. The lowest BCUT2D eigenvalue weighted by molar-refractivity contribution is 0.0972. The molecule has 0 aromatic rings. The zero-order valence-corrected chi connectivity index (χ0v) is 12.1. The molecule has 0 spiro atoms. The van der Waals surface area contributed by atoms with E-state index < -0.39 is 0 Å². The number of ether oxygens (including phenoxy) is 2. The monoisotopic (exact) mass is 256 g/mol. The van der Waals surface area contributed by atoms with Crippen LogP contribution < -0.4 is 5.32 Å². The van der Waals surface area contributed by atoms with Crippen molar-refractivity contribution in [2.24, 2.45) is 0 Å². The molecule has 0 radical (unpaired) electrons. The summed E-state index contributed by atoms with van der Waals surface area (Å²) in [7, 11) is 1.70. The van der Waals surface area contributed by atoms with Crippen LogP contribution in [-0.2, 0) is 9.47 Å². The molecule has 1 unspecified atom stereocenters. The lowest BCUT2D eigenvalue weighted by Gasteiger charge is -2.26. The second-order valence-electron chi connectivity index (χ2n) is 4.54. The second-order valence-corrected chi connectivity index (χ2v) is 4.54. The van der Waals surface area contributed by atoms with Crippen LogP contribution in [-0.4, -0.2) is 39.0 Å². The van der Waals surface area contributed by atoms with Gasteiger partial charge in [0, 0.05) is 26.9 Å². The van der Waals surface area contributed by atoms with Gasteiger partial charge in [-0.3, -0.25) is 5.32 Å². The van der Waals surface area contributed by atoms with Crippen LogP contribution in [0, 0.1) is 11.3 Å². The van der Waals surface area contributed by atoms with Gasteiger partial charge in [0.15, 0.2) is 0 Å². The van der Waals surface area contributed by atoms with E-state index in [1.165, 1.54) is 0 Å². The van der Waals surface area contributed by atoms with E-state index in [4.69, 9.17) is 9.47 Å². The van der Waals surface area contributed by atoms with Crippen molar-refractivity contribution in [2.75, 3.05) is 33.5 Å². The summed E-state index contributed by atoms with van der Waals surface area (Å²) in [6.45, 7) is 7.28. The maximum atomic E-state index is 9.31. The van der Waals surface area contributed by atoms with E-state index >= 15 is 0 Å². The first kappa shape index (κ1) is 17.4. The van der Waals surface area contributed by atoms with E-state index in [0.717, 1.165) is 58.5 Å². The third-order valence-electron chi connectivity index (χ3n) is 3.06. The Bertz CT molecular complexity index is 228. The van der Waals surface area contributed by atoms with Gasteiger partial charge in [0.2, 0.25) is 0 Å². The van der Waals surface area contributed by atoms with Gasteiger partial charge in [-0.05, 0) is 38.6 Å². The van der Waals surface area contributed by atoms with Crippen LogP contribution in [0.4, 0.5) is 0 Å². The third-order valence-corrected chi connectivity index (χ3v) is 3.06. The van der Waals surface area contributed by atoms with Gasteiger partial charge in [-0.25, -0.2) is 0 Å². The standard InChI is InChI=1S/C14H28N2O2/c1-4-9-16-14(5-2,13-15)8-6-11-18-12-7-10-17-3/h16H,4-12H2,1-3H3. The number of hydrogen-bond acceptors (Lipinski definition) is 4. The highest BCUT2D eigenvalue weighted by molar-refractivity contribution is 5.05. The number of rotatable bonds is 12. The average molecular weight is 256 g/mol. The molecule has 4 nitrogen and oxygen atoms in total. The van der Waals surface area contributed by atoms with Gasteiger partial charge in [-0.2, -0.15) is 5.26 Å². The van der Waals surface area contributed by atoms with Crippen LogP contribution in [0.15, 0.2) is 0 Å². The SMILES string of the molecule is CCCNC(C#N)(CC)CCCOCCCOC. The highest BCUT2D eigenvalue weighted by atomic mass is 16.5. The van der Waals surface area contributed by atoms with Gasteiger partial charge in [0.05, 0.1) is 6.07 Å². The molecule has 0 fully saturated rings. The summed E-state index contributed by atoms with van der Waals surface area (Å²) in [4.78, 5) is 0. The van der Waals surface area contributed by atoms with Gasteiger partial charge >= 0.3 is 0 Å². The molecule has 1 N–H and O–H groups in total. The normalized spacial score (nSPS) is 14.1. The van der Waals surface area contributed by atoms with Gasteiger partial charge < -0.3 is 9.47 Å². The van der Waals surface area contributed by atoms with Crippen molar-refractivity contribution in [2.45, 2.75) is 51.5 Å². The van der Waals surface area contributed by atoms with Gasteiger partial charge in [-0.1, -0.05) is 13.8 Å². The molecule has 0 aromatic heterocycles. The lowest BCUT2D eigenvalue weighted by atomic mass is 9.92. The number of nitriles is 1. The maximum Gasteiger partial charge on any atom is 0.106 e. The molecule has 4 heteroatoms. The molecule has 0 aliphatic heterocycles. The predicted molar refractivity (Wildman–Crippen MR) is 73.5 cm³/mol. The minimum absolute atomic E-state index is 0.369. The van der Waals surface area contributed by atoms with Gasteiger partial charge in [0.25, 0.3) is 0 Å². The second kappa shape index (κ2) is 11.5. The minimum Gasteiger partial charge on any atom is -0.385 e. The topological polar surface area (TPSA) is 54.3 Å². The molecule has 0 aromatic carbocycles. The Morgan fingerprint density at radius 3 is 2.44 bits per heavy atom. The first-order valence-corrected chi connectivity index (χ1v) is 6.97. The predicted octanol–water partition coefficient (Wildman–Crippen LogP) is 2.49. The molecule has 1 atom stereocenters. The van der Waals surface area contributed by atoms with Crippen molar-refractivity contribution >= 4 is 0 Å². The zero-order chi connectivity index (χ0) is 13.7. The van der Waals surface area contributed by atoms with E-state index in [9.17, 15) is 5.26 Å². The molecular weight excluding hydrogens is 228 g/mol. The van der Waals surface area contributed by atoms with Crippen molar-refractivity contribution in [3.8, 4) is 6.07 Å². The number of methoxy groups -OCH3 is 1. The van der Waals surface area contributed by atoms with Crippen molar-refractivity contribution in [3.63, 3.8) is 0 Å². The van der Waals surface area contributed by atoms with E-state index in [1.54, 1.807) is 7.11 Å². The zero-order valence-electron chi connectivity index (χ0n) is 12.1. The lowest BCUT2D eigenvalue weighted by Crippen LogP contribution is -2.44. The highest BCUT2D eigenvalue weighted by Gasteiger charge is 2.25. The van der Waals surface area contributed by atoms with Crippen LogP contribution in [0.3, 0.4) is 0 Å². The quantitative estimate of drug-likeness (QED) is 0.545. The molecule has 0 heterocycles. The summed E-state index contributed by atoms with van der Waals surface area (Å²) >= 11 is 0. The Morgan fingerprint density at radius 1 is 1.17 bits per heavy atom. The summed E-state index contributed by atoms with van der Waals surface area (Å²) in [5.41, 5.74) is -0.369. The third kappa shape index (κ3) is 7.65. The fourth-order valence-electron chi connectivity index (χ4n) is 1.81. The van der Waals surface area contributed by atoms with Gasteiger partial charge in [0.1, 0.15) is 5.54 Å². The van der Waals surface area contributed by atoms with E-state index in [0.29, 0.717) is 0 Å². The van der Waals surface area contributed by atoms with Crippen LogP contribution in [0.5, 0.6) is 0 Å². The minimum atomic E-state index is -0.369. The smallest absolute Gasteiger partial charge is 0.106 e. The fourth-order valence-corrected chi connectivity index (χ4v) is 1.81. The number of nitrogens with zero attached hydrogens (tertiary/aromatic N) is 1.